The van der Waals surface area contributed by atoms with Gasteiger partial charge < -0.3 is 4.90 Å². The number of rotatable bonds is 4. The number of carbonyl (C=O) groups is 1. The van der Waals surface area contributed by atoms with E-state index in [1.54, 1.807) is 0 Å². The molecule has 1 heterocycles. The molecule has 0 aromatic heterocycles. The van der Waals surface area contributed by atoms with Crippen molar-refractivity contribution < 1.29 is 4.79 Å². The van der Waals surface area contributed by atoms with E-state index in [9.17, 15) is 4.79 Å². The van der Waals surface area contributed by atoms with E-state index in [2.05, 4.69) is 37.9 Å². The number of amides is 1. The highest BCUT2D eigenvalue weighted by molar-refractivity contribution is 5.84. The van der Waals surface area contributed by atoms with Gasteiger partial charge in [0.1, 0.15) is 0 Å². The third-order valence-electron chi connectivity index (χ3n) is 4.77. The minimum absolute atomic E-state index is 0.0268. The predicted molar refractivity (Wildman–Crippen MR) is 69.5 cm³/mol. The Morgan fingerprint density at radius 1 is 1.47 bits per heavy atom. The van der Waals surface area contributed by atoms with Crippen molar-refractivity contribution in [1.29, 1.82) is 0 Å². The molecule has 2 rings (SSSR count). The normalized spacial score (nSPS) is 32.1. The third-order valence-corrected chi connectivity index (χ3v) is 4.77. The zero-order chi connectivity index (χ0) is 12.6. The maximum Gasteiger partial charge on any atom is 0.241 e. The number of carbonyl (C=O) groups excluding carboxylic acids is 1. The number of nitrogens with one attached hydrogen (secondary N) is 1. The van der Waals surface area contributed by atoms with E-state index in [4.69, 9.17) is 0 Å². The van der Waals surface area contributed by atoms with Crippen LogP contribution in [-0.4, -0.2) is 29.6 Å². The summed E-state index contributed by atoms with van der Waals surface area (Å²) in [5, 5.41) is 3.42. The van der Waals surface area contributed by atoms with Crippen molar-refractivity contribution in [2.75, 3.05) is 6.54 Å². The summed E-state index contributed by atoms with van der Waals surface area (Å²) in [5.74, 6) is 0.696. The van der Waals surface area contributed by atoms with E-state index >= 15 is 0 Å². The molecular weight excluding hydrogens is 212 g/mol. The van der Waals surface area contributed by atoms with E-state index in [0.717, 1.165) is 6.54 Å². The summed E-state index contributed by atoms with van der Waals surface area (Å²) in [4.78, 5) is 14.4. The number of hydrogen-bond donors (Lipinski definition) is 1. The maximum absolute atomic E-state index is 12.4. The number of hydrogen-bond acceptors (Lipinski definition) is 2. The molecule has 0 aromatic rings. The molecule has 1 amide bonds. The zero-order valence-corrected chi connectivity index (χ0v) is 11.6. The highest BCUT2D eigenvalue weighted by atomic mass is 16.2. The Balaban J connectivity index is 2.03. The van der Waals surface area contributed by atoms with Crippen LogP contribution in [0.4, 0.5) is 0 Å². The SMILES string of the molecule is CCC1(CN2C(=O)C(C(C)C)NC2C)CCC1. The Bertz CT molecular complexity index is 291. The van der Waals surface area contributed by atoms with Crippen molar-refractivity contribution >= 4 is 5.91 Å². The fraction of sp³-hybridized carbons (Fsp3) is 0.929. The summed E-state index contributed by atoms with van der Waals surface area (Å²) in [6.07, 6.45) is 5.35. The Hall–Kier alpha value is -0.570. The second kappa shape index (κ2) is 4.60. The highest BCUT2D eigenvalue weighted by Crippen LogP contribution is 2.45. The average molecular weight is 238 g/mol. The van der Waals surface area contributed by atoms with E-state index in [-0.39, 0.29) is 12.2 Å². The van der Waals surface area contributed by atoms with Crippen molar-refractivity contribution in [2.24, 2.45) is 11.3 Å². The fourth-order valence-electron chi connectivity index (χ4n) is 3.14. The molecule has 2 unspecified atom stereocenters. The molecule has 0 aromatic carbocycles. The molecule has 1 aliphatic heterocycles. The van der Waals surface area contributed by atoms with Gasteiger partial charge in [0.25, 0.3) is 0 Å². The van der Waals surface area contributed by atoms with Gasteiger partial charge in [0.15, 0.2) is 0 Å². The monoisotopic (exact) mass is 238 g/mol. The van der Waals surface area contributed by atoms with Crippen LogP contribution in [0.25, 0.3) is 0 Å². The van der Waals surface area contributed by atoms with Crippen LogP contribution in [0.3, 0.4) is 0 Å². The largest absolute Gasteiger partial charge is 0.326 e. The molecule has 0 bridgehead atoms. The third kappa shape index (κ3) is 2.22. The molecule has 3 heteroatoms. The Kier molecular flexibility index (Phi) is 3.48. The predicted octanol–water partition coefficient (Wildman–Crippen LogP) is 2.37. The summed E-state index contributed by atoms with van der Waals surface area (Å²) < 4.78 is 0. The Morgan fingerprint density at radius 3 is 2.47 bits per heavy atom. The Labute approximate surface area is 105 Å². The lowest BCUT2D eigenvalue weighted by molar-refractivity contribution is -0.133. The Morgan fingerprint density at radius 2 is 2.12 bits per heavy atom. The summed E-state index contributed by atoms with van der Waals surface area (Å²) in [5.41, 5.74) is 0.428. The van der Waals surface area contributed by atoms with Crippen molar-refractivity contribution in [3.8, 4) is 0 Å². The van der Waals surface area contributed by atoms with Crippen molar-refractivity contribution in [3.05, 3.63) is 0 Å². The second-order valence-corrected chi connectivity index (χ2v) is 6.24. The van der Waals surface area contributed by atoms with Gasteiger partial charge in [0.2, 0.25) is 5.91 Å². The average Bonchev–Trinajstić information content (AvgIpc) is 2.50. The van der Waals surface area contributed by atoms with Gasteiger partial charge in [-0.3, -0.25) is 10.1 Å². The van der Waals surface area contributed by atoms with Gasteiger partial charge in [0, 0.05) is 6.54 Å². The first-order valence-electron chi connectivity index (χ1n) is 7.05. The van der Waals surface area contributed by atoms with Crippen molar-refractivity contribution in [3.63, 3.8) is 0 Å². The first-order chi connectivity index (χ1) is 7.99. The molecule has 98 valence electrons. The molecule has 2 atom stereocenters. The highest BCUT2D eigenvalue weighted by Gasteiger charge is 2.44. The van der Waals surface area contributed by atoms with Crippen LogP contribution in [-0.2, 0) is 4.79 Å². The van der Waals surface area contributed by atoms with Gasteiger partial charge in [-0.2, -0.15) is 0 Å². The quantitative estimate of drug-likeness (QED) is 0.815. The topological polar surface area (TPSA) is 32.3 Å². The first-order valence-corrected chi connectivity index (χ1v) is 7.05. The van der Waals surface area contributed by atoms with Crippen LogP contribution in [0, 0.1) is 11.3 Å². The molecule has 2 fully saturated rings. The second-order valence-electron chi connectivity index (χ2n) is 6.24. The number of nitrogens with zero attached hydrogens (tertiary/aromatic N) is 1. The summed E-state index contributed by atoms with van der Waals surface area (Å²) in [6.45, 7) is 9.56. The lowest BCUT2D eigenvalue weighted by Gasteiger charge is -2.44. The van der Waals surface area contributed by atoms with Gasteiger partial charge in [-0.15, -0.1) is 0 Å². The van der Waals surface area contributed by atoms with Crippen LogP contribution < -0.4 is 5.32 Å². The summed E-state index contributed by atoms with van der Waals surface area (Å²) in [7, 11) is 0. The van der Waals surface area contributed by atoms with Crippen molar-refractivity contribution in [2.45, 2.75) is 65.6 Å². The lowest BCUT2D eigenvalue weighted by Crippen LogP contribution is -2.46. The van der Waals surface area contributed by atoms with E-state index in [0.29, 0.717) is 17.2 Å². The van der Waals surface area contributed by atoms with Gasteiger partial charge in [-0.25, -0.2) is 0 Å². The summed E-state index contributed by atoms with van der Waals surface area (Å²) >= 11 is 0. The molecule has 1 saturated heterocycles. The molecular formula is C14H26N2O. The van der Waals surface area contributed by atoms with Gasteiger partial charge in [0.05, 0.1) is 12.2 Å². The van der Waals surface area contributed by atoms with Crippen LogP contribution in [0.1, 0.15) is 53.4 Å². The van der Waals surface area contributed by atoms with Crippen LogP contribution >= 0.6 is 0 Å². The van der Waals surface area contributed by atoms with Crippen molar-refractivity contribution in [1.82, 2.24) is 10.2 Å². The molecule has 0 radical (unpaired) electrons. The molecule has 1 saturated carbocycles. The van der Waals surface area contributed by atoms with Crippen LogP contribution in [0.5, 0.6) is 0 Å². The van der Waals surface area contributed by atoms with Gasteiger partial charge in [-0.1, -0.05) is 27.2 Å². The maximum atomic E-state index is 12.4. The summed E-state index contributed by atoms with van der Waals surface area (Å²) in [6, 6.07) is 0.0268. The van der Waals surface area contributed by atoms with Gasteiger partial charge in [-0.05, 0) is 37.5 Å². The fourth-order valence-corrected chi connectivity index (χ4v) is 3.14. The lowest BCUT2D eigenvalue weighted by atomic mass is 9.66. The molecule has 17 heavy (non-hydrogen) atoms. The molecule has 0 spiro atoms. The van der Waals surface area contributed by atoms with Crippen LogP contribution in [0.2, 0.25) is 0 Å². The van der Waals surface area contributed by atoms with E-state index < -0.39 is 0 Å². The first kappa shape index (κ1) is 12.9. The minimum Gasteiger partial charge on any atom is -0.326 e. The van der Waals surface area contributed by atoms with Crippen LogP contribution in [0.15, 0.2) is 0 Å². The molecule has 3 nitrogen and oxygen atoms in total. The molecule has 1 aliphatic carbocycles. The minimum atomic E-state index is 0.0268. The molecule has 2 aliphatic rings. The smallest absolute Gasteiger partial charge is 0.241 e. The standard InChI is InChI=1S/C14H26N2O/c1-5-14(7-6-8-14)9-16-11(4)15-12(10(2)3)13(16)17/h10-12,15H,5-9H2,1-4H3. The molecule has 1 N–H and O–H groups in total. The van der Waals surface area contributed by atoms with E-state index in [1.165, 1.54) is 25.7 Å². The van der Waals surface area contributed by atoms with Gasteiger partial charge >= 0.3 is 0 Å². The zero-order valence-electron chi connectivity index (χ0n) is 11.6. The van der Waals surface area contributed by atoms with E-state index in [1.807, 2.05) is 0 Å².